The van der Waals surface area contributed by atoms with Crippen LogP contribution in [-0.2, 0) is 10.3 Å². The minimum absolute atomic E-state index is 0.233. The van der Waals surface area contributed by atoms with Gasteiger partial charge in [0.2, 0.25) is 0 Å². The maximum atomic E-state index is 11.8. The van der Waals surface area contributed by atoms with Crippen LogP contribution in [0, 0.1) is 5.41 Å². The van der Waals surface area contributed by atoms with Gasteiger partial charge < -0.3 is 5.11 Å². The number of nitrogens with zero attached hydrogens (tertiary/aromatic N) is 2. The van der Waals surface area contributed by atoms with Crippen molar-refractivity contribution in [1.82, 2.24) is 9.78 Å². The Hall–Kier alpha value is -1.03. The van der Waals surface area contributed by atoms with Crippen LogP contribution in [-0.4, -0.2) is 20.9 Å². The number of hydrogen-bond donors (Lipinski definition) is 1. The van der Waals surface area contributed by atoms with Crippen LogP contribution in [0.2, 0.25) is 5.02 Å². The summed E-state index contributed by atoms with van der Waals surface area (Å²) < 4.78 is 1.57. The zero-order chi connectivity index (χ0) is 12.8. The molecule has 2 aliphatic carbocycles. The summed E-state index contributed by atoms with van der Waals surface area (Å²) in [5.74, 6) is -0.772. The lowest BCUT2D eigenvalue weighted by Crippen LogP contribution is -2.41. The summed E-state index contributed by atoms with van der Waals surface area (Å²) in [5.41, 5.74) is -0.645. The standard InChI is InChI=1S/C13H17ClN2O2/c14-10-7-15-16(8-10)13(11(17)18)6-5-12(9-13)3-1-2-4-12/h7-8H,1-6,9H2,(H,17,18). The normalized spacial score (nSPS) is 30.1. The summed E-state index contributed by atoms with van der Waals surface area (Å²) in [6, 6.07) is 0. The highest BCUT2D eigenvalue weighted by Gasteiger charge is 2.55. The van der Waals surface area contributed by atoms with E-state index in [0.29, 0.717) is 17.9 Å². The van der Waals surface area contributed by atoms with Gasteiger partial charge in [-0.15, -0.1) is 0 Å². The smallest absolute Gasteiger partial charge is 0.331 e. The van der Waals surface area contributed by atoms with Gasteiger partial charge >= 0.3 is 5.97 Å². The molecule has 2 aliphatic rings. The van der Waals surface area contributed by atoms with Crippen molar-refractivity contribution < 1.29 is 9.90 Å². The van der Waals surface area contributed by atoms with Gasteiger partial charge in [-0.2, -0.15) is 5.10 Å². The fourth-order valence-corrected chi connectivity index (χ4v) is 3.97. The number of hydrogen-bond acceptors (Lipinski definition) is 2. The first-order valence-electron chi connectivity index (χ1n) is 6.51. The second-order valence-corrected chi connectivity index (χ2v) is 6.26. The van der Waals surface area contributed by atoms with Crippen LogP contribution in [0.4, 0.5) is 0 Å². The molecule has 3 rings (SSSR count). The van der Waals surface area contributed by atoms with Crippen molar-refractivity contribution in [1.29, 1.82) is 0 Å². The highest BCUT2D eigenvalue weighted by atomic mass is 35.5. The molecule has 4 nitrogen and oxygen atoms in total. The topological polar surface area (TPSA) is 55.1 Å². The minimum atomic E-state index is -0.877. The second-order valence-electron chi connectivity index (χ2n) is 5.82. The van der Waals surface area contributed by atoms with E-state index in [0.717, 1.165) is 19.3 Å². The fourth-order valence-electron chi connectivity index (χ4n) is 3.83. The first kappa shape index (κ1) is 12.0. The molecular formula is C13H17ClN2O2. The number of aliphatic carboxylic acids is 1. The van der Waals surface area contributed by atoms with E-state index in [2.05, 4.69) is 5.10 Å². The van der Waals surface area contributed by atoms with Crippen LogP contribution in [0.25, 0.3) is 0 Å². The Labute approximate surface area is 111 Å². The van der Waals surface area contributed by atoms with Crippen LogP contribution in [0.15, 0.2) is 12.4 Å². The van der Waals surface area contributed by atoms with Gasteiger partial charge in [-0.3, -0.25) is 4.68 Å². The first-order valence-corrected chi connectivity index (χ1v) is 6.88. The Morgan fingerprint density at radius 3 is 2.61 bits per heavy atom. The maximum absolute atomic E-state index is 11.8. The number of rotatable bonds is 2. The van der Waals surface area contributed by atoms with Gasteiger partial charge in [0.05, 0.1) is 11.2 Å². The molecule has 1 aromatic heterocycles. The Bertz CT molecular complexity index is 479. The van der Waals surface area contributed by atoms with Crippen molar-refractivity contribution in [2.75, 3.05) is 0 Å². The van der Waals surface area contributed by atoms with Gasteiger partial charge in [0.15, 0.2) is 5.54 Å². The number of aromatic nitrogens is 2. The largest absolute Gasteiger partial charge is 0.479 e. The van der Waals surface area contributed by atoms with Crippen molar-refractivity contribution in [2.24, 2.45) is 5.41 Å². The molecule has 1 heterocycles. The third kappa shape index (κ3) is 1.66. The molecule has 98 valence electrons. The van der Waals surface area contributed by atoms with E-state index >= 15 is 0 Å². The van der Waals surface area contributed by atoms with Gasteiger partial charge in [0, 0.05) is 6.20 Å². The first-order chi connectivity index (χ1) is 8.56. The van der Waals surface area contributed by atoms with Crippen molar-refractivity contribution >= 4 is 17.6 Å². The second kappa shape index (κ2) is 3.98. The van der Waals surface area contributed by atoms with Gasteiger partial charge in [0.25, 0.3) is 0 Å². The predicted molar refractivity (Wildman–Crippen MR) is 67.6 cm³/mol. The lowest BCUT2D eigenvalue weighted by atomic mass is 9.82. The summed E-state index contributed by atoms with van der Waals surface area (Å²) in [5, 5.41) is 14.3. The molecule has 1 N–H and O–H groups in total. The lowest BCUT2D eigenvalue weighted by Gasteiger charge is -2.28. The molecule has 0 radical (unpaired) electrons. The third-order valence-corrected chi connectivity index (χ3v) is 4.98. The summed E-state index contributed by atoms with van der Waals surface area (Å²) in [6.45, 7) is 0. The molecule has 5 heteroatoms. The lowest BCUT2D eigenvalue weighted by molar-refractivity contribution is -0.148. The Kier molecular flexibility index (Phi) is 2.66. The molecule has 1 aromatic rings. The van der Waals surface area contributed by atoms with E-state index in [1.807, 2.05) is 0 Å². The van der Waals surface area contributed by atoms with E-state index in [9.17, 15) is 9.90 Å². The average molecular weight is 269 g/mol. The summed E-state index contributed by atoms with van der Waals surface area (Å²) >= 11 is 5.88. The van der Waals surface area contributed by atoms with Crippen LogP contribution < -0.4 is 0 Å². The Morgan fingerprint density at radius 1 is 1.33 bits per heavy atom. The van der Waals surface area contributed by atoms with E-state index in [-0.39, 0.29) is 5.41 Å². The van der Waals surface area contributed by atoms with E-state index < -0.39 is 11.5 Å². The van der Waals surface area contributed by atoms with Crippen LogP contribution >= 0.6 is 11.6 Å². The van der Waals surface area contributed by atoms with Crippen LogP contribution in [0.3, 0.4) is 0 Å². The van der Waals surface area contributed by atoms with Gasteiger partial charge in [0.1, 0.15) is 0 Å². The molecule has 0 aromatic carbocycles. The molecule has 1 unspecified atom stereocenters. The van der Waals surface area contributed by atoms with Crippen molar-refractivity contribution in [2.45, 2.75) is 50.5 Å². The fraction of sp³-hybridized carbons (Fsp3) is 0.692. The van der Waals surface area contributed by atoms with Crippen molar-refractivity contribution in [3.63, 3.8) is 0 Å². The van der Waals surface area contributed by atoms with E-state index in [1.165, 1.54) is 19.0 Å². The number of carboxylic acid groups (broad SMARTS) is 1. The molecular weight excluding hydrogens is 252 g/mol. The highest BCUT2D eigenvalue weighted by Crippen LogP contribution is 2.56. The van der Waals surface area contributed by atoms with Gasteiger partial charge in [-0.1, -0.05) is 24.4 Å². The van der Waals surface area contributed by atoms with Gasteiger partial charge in [-0.05, 0) is 37.5 Å². The number of halogens is 1. The number of carboxylic acids is 1. The molecule has 0 bridgehead atoms. The van der Waals surface area contributed by atoms with Crippen LogP contribution in [0.5, 0.6) is 0 Å². The molecule has 0 aliphatic heterocycles. The van der Waals surface area contributed by atoms with Crippen molar-refractivity contribution in [3.8, 4) is 0 Å². The van der Waals surface area contributed by atoms with Crippen molar-refractivity contribution in [3.05, 3.63) is 17.4 Å². The number of carbonyl (C=O) groups is 1. The summed E-state index contributed by atoms with van der Waals surface area (Å²) in [4.78, 5) is 11.8. The predicted octanol–water partition coefficient (Wildman–Crippen LogP) is 3.06. The zero-order valence-corrected chi connectivity index (χ0v) is 11.0. The highest BCUT2D eigenvalue weighted by molar-refractivity contribution is 6.30. The molecule has 1 atom stereocenters. The third-order valence-electron chi connectivity index (χ3n) is 4.79. The van der Waals surface area contributed by atoms with Gasteiger partial charge in [-0.25, -0.2) is 4.79 Å². The molecule has 0 saturated heterocycles. The summed E-state index contributed by atoms with van der Waals surface area (Å²) in [7, 11) is 0. The Balaban J connectivity index is 1.97. The Morgan fingerprint density at radius 2 is 2.06 bits per heavy atom. The molecule has 1 spiro atoms. The molecule has 18 heavy (non-hydrogen) atoms. The quantitative estimate of drug-likeness (QED) is 0.897. The SMILES string of the molecule is O=C(O)C1(n2cc(Cl)cn2)CCC2(CCCC2)C1. The monoisotopic (exact) mass is 268 g/mol. The van der Waals surface area contributed by atoms with E-state index in [1.54, 1.807) is 10.9 Å². The summed E-state index contributed by atoms with van der Waals surface area (Å²) in [6.07, 6.45) is 10.3. The maximum Gasteiger partial charge on any atom is 0.331 e. The van der Waals surface area contributed by atoms with E-state index in [4.69, 9.17) is 11.6 Å². The molecule has 0 amide bonds. The van der Waals surface area contributed by atoms with Crippen LogP contribution in [0.1, 0.15) is 44.9 Å². The zero-order valence-electron chi connectivity index (χ0n) is 10.2. The molecule has 2 fully saturated rings. The minimum Gasteiger partial charge on any atom is -0.479 e. The molecule has 2 saturated carbocycles. The average Bonchev–Trinajstić information content (AvgIpc) is 3.01.